The van der Waals surface area contributed by atoms with Gasteiger partial charge >= 0.3 is 0 Å². The second kappa shape index (κ2) is 9.45. The van der Waals surface area contributed by atoms with E-state index >= 15 is 0 Å². The van der Waals surface area contributed by atoms with Crippen molar-refractivity contribution in [2.45, 2.75) is 77.5 Å². The van der Waals surface area contributed by atoms with Crippen LogP contribution in [0.2, 0.25) is 0 Å². The highest BCUT2D eigenvalue weighted by molar-refractivity contribution is 5.80. The first kappa shape index (κ1) is 20.0. The van der Waals surface area contributed by atoms with Gasteiger partial charge in [0.1, 0.15) is 5.75 Å². The van der Waals surface area contributed by atoms with Gasteiger partial charge in [-0.05, 0) is 70.7 Å². The molecule has 2 unspecified atom stereocenters. The topological polar surface area (TPSA) is 48.9 Å². The zero-order chi connectivity index (χ0) is 19.2. The van der Waals surface area contributed by atoms with Crippen LogP contribution in [0.1, 0.15) is 57.1 Å². The third-order valence-electron chi connectivity index (χ3n) is 5.98. The van der Waals surface area contributed by atoms with Crippen LogP contribution >= 0.6 is 0 Å². The lowest BCUT2D eigenvalue weighted by atomic mass is 9.82. The molecule has 0 spiro atoms. The Balaban J connectivity index is 1.62. The molecule has 2 saturated heterocycles. The highest BCUT2D eigenvalue weighted by Gasteiger charge is 2.36. The molecule has 2 aliphatic heterocycles. The molecule has 0 amide bonds. The van der Waals surface area contributed by atoms with Crippen LogP contribution in [0.3, 0.4) is 0 Å². The van der Waals surface area contributed by atoms with E-state index in [4.69, 9.17) is 9.73 Å². The molecule has 3 rings (SSSR count). The van der Waals surface area contributed by atoms with Crippen LogP contribution in [0.5, 0.6) is 5.75 Å². The molecule has 5 nitrogen and oxygen atoms in total. The zero-order valence-electron chi connectivity index (χ0n) is 17.4. The van der Waals surface area contributed by atoms with E-state index in [0.717, 1.165) is 30.3 Å². The van der Waals surface area contributed by atoms with Crippen molar-refractivity contribution in [1.82, 2.24) is 15.5 Å². The third kappa shape index (κ3) is 5.16. The normalized spacial score (nSPS) is 25.9. The smallest absolute Gasteiger partial charge is 0.191 e. The molecule has 2 heterocycles. The first-order valence-corrected chi connectivity index (χ1v) is 10.6. The SMILES string of the molecule is CCNC(=NCc1ccc(OCC)c(C)c1)NC1CC2CCCC(C1)N2C. The van der Waals surface area contributed by atoms with Gasteiger partial charge in [0.2, 0.25) is 0 Å². The number of nitrogens with one attached hydrogen (secondary N) is 2. The Hall–Kier alpha value is -1.75. The average molecular weight is 373 g/mol. The summed E-state index contributed by atoms with van der Waals surface area (Å²) in [6.07, 6.45) is 6.51. The van der Waals surface area contributed by atoms with E-state index in [1.54, 1.807) is 0 Å². The van der Waals surface area contributed by atoms with Gasteiger partial charge in [0.25, 0.3) is 0 Å². The number of ether oxygens (including phenoxy) is 1. The standard InChI is InChI=1S/C22H36N4O/c1-5-23-22(24-15-17-10-11-21(27-6-2)16(3)12-17)25-18-13-19-8-7-9-20(14-18)26(19)4/h10-12,18-20H,5-9,13-15H2,1-4H3,(H2,23,24,25). The van der Waals surface area contributed by atoms with Crippen molar-refractivity contribution in [2.24, 2.45) is 4.99 Å². The summed E-state index contributed by atoms with van der Waals surface area (Å²) >= 11 is 0. The second-order valence-corrected chi connectivity index (χ2v) is 7.94. The summed E-state index contributed by atoms with van der Waals surface area (Å²) in [7, 11) is 2.30. The molecule has 0 radical (unpaired) electrons. The van der Waals surface area contributed by atoms with Gasteiger partial charge in [-0.3, -0.25) is 0 Å². The van der Waals surface area contributed by atoms with Crippen molar-refractivity contribution in [3.8, 4) is 5.75 Å². The van der Waals surface area contributed by atoms with E-state index in [-0.39, 0.29) is 0 Å². The highest BCUT2D eigenvalue weighted by atomic mass is 16.5. The number of hydrogen-bond acceptors (Lipinski definition) is 3. The first-order valence-electron chi connectivity index (χ1n) is 10.6. The van der Waals surface area contributed by atoms with Crippen molar-refractivity contribution < 1.29 is 4.74 Å². The minimum absolute atomic E-state index is 0.524. The van der Waals surface area contributed by atoms with E-state index in [1.165, 1.54) is 43.2 Å². The van der Waals surface area contributed by atoms with Crippen LogP contribution in [0.4, 0.5) is 0 Å². The molecular formula is C22H36N4O. The lowest BCUT2D eigenvalue weighted by molar-refractivity contribution is 0.0526. The molecule has 0 saturated carbocycles. The van der Waals surface area contributed by atoms with Crippen LogP contribution < -0.4 is 15.4 Å². The number of aliphatic imine (C=N–C) groups is 1. The largest absolute Gasteiger partial charge is 0.494 e. The van der Waals surface area contributed by atoms with E-state index < -0.39 is 0 Å². The first-order chi connectivity index (χ1) is 13.1. The molecule has 150 valence electrons. The van der Waals surface area contributed by atoms with Gasteiger partial charge in [-0.1, -0.05) is 18.6 Å². The van der Waals surface area contributed by atoms with Gasteiger partial charge in [0.05, 0.1) is 13.2 Å². The minimum atomic E-state index is 0.524. The summed E-state index contributed by atoms with van der Waals surface area (Å²) in [6, 6.07) is 8.33. The second-order valence-electron chi connectivity index (χ2n) is 7.94. The number of guanidine groups is 1. The van der Waals surface area contributed by atoms with Gasteiger partial charge in [0, 0.05) is 24.7 Å². The van der Waals surface area contributed by atoms with Gasteiger partial charge in [0.15, 0.2) is 5.96 Å². The van der Waals surface area contributed by atoms with E-state index in [0.29, 0.717) is 19.2 Å². The molecule has 27 heavy (non-hydrogen) atoms. The van der Waals surface area contributed by atoms with Gasteiger partial charge in [-0.15, -0.1) is 0 Å². The van der Waals surface area contributed by atoms with Crippen molar-refractivity contribution in [3.05, 3.63) is 29.3 Å². The summed E-state index contributed by atoms with van der Waals surface area (Å²) in [6.45, 7) is 8.50. The fourth-order valence-electron chi connectivity index (χ4n) is 4.54. The van der Waals surface area contributed by atoms with E-state index in [9.17, 15) is 0 Å². The zero-order valence-corrected chi connectivity index (χ0v) is 17.4. The molecule has 1 aromatic rings. The molecule has 0 aromatic heterocycles. The summed E-state index contributed by atoms with van der Waals surface area (Å²) in [5.74, 6) is 1.91. The van der Waals surface area contributed by atoms with E-state index in [1.807, 2.05) is 6.92 Å². The van der Waals surface area contributed by atoms with E-state index in [2.05, 4.69) is 54.6 Å². The number of benzene rings is 1. The van der Waals surface area contributed by atoms with Crippen LogP contribution in [0.15, 0.2) is 23.2 Å². The van der Waals surface area contributed by atoms with Crippen molar-refractivity contribution in [2.75, 3.05) is 20.2 Å². The quantitative estimate of drug-likeness (QED) is 0.593. The maximum absolute atomic E-state index is 5.64. The molecule has 2 N–H and O–H groups in total. The molecular weight excluding hydrogens is 336 g/mol. The Morgan fingerprint density at radius 3 is 2.59 bits per heavy atom. The predicted molar refractivity (Wildman–Crippen MR) is 113 cm³/mol. The third-order valence-corrected chi connectivity index (χ3v) is 5.98. The van der Waals surface area contributed by atoms with Crippen LogP contribution in [0, 0.1) is 6.92 Å². The summed E-state index contributed by atoms with van der Waals surface area (Å²) < 4.78 is 5.64. The summed E-state index contributed by atoms with van der Waals surface area (Å²) in [5, 5.41) is 7.13. The molecule has 2 fully saturated rings. The van der Waals surface area contributed by atoms with Crippen LogP contribution in [-0.4, -0.2) is 49.2 Å². The molecule has 2 atom stereocenters. The van der Waals surface area contributed by atoms with Crippen molar-refractivity contribution in [3.63, 3.8) is 0 Å². The number of fused-ring (bicyclic) bond motifs is 2. The fraction of sp³-hybridized carbons (Fsp3) is 0.682. The average Bonchev–Trinajstić information content (AvgIpc) is 2.63. The Kier molecular flexibility index (Phi) is 7.00. The Morgan fingerprint density at radius 2 is 1.96 bits per heavy atom. The molecule has 0 aliphatic carbocycles. The van der Waals surface area contributed by atoms with Crippen LogP contribution in [-0.2, 0) is 6.54 Å². The van der Waals surface area contributed by atoms with Crippen molar-refractivity contribution >= 4 is 5.96 Å². The molecule has 1 aromatic carbocycles. The number of hydrogen-bond donors (Lipinski definition) is 2. The molecule has 2 bridgehead atoms. The molecule has 5 heteroatoms. The number of piperidine rings is 2. The van der Waals surface area contributed by atoms with Gasteiger partial charge in [-0.2, -0.15) is 0 Å². The lowest BCUT2D eigenvalue weighted by Crippen LogP contribution is -2.56. The maximum atomic E-state index is 5.64. The fourth-order valence-corrected chi connectivity index (χ4v) is 4.54. The van der Waals surface area contributed by atoms with Gasteiger partial charge in [-0.25, -0.2) is 4.99 Å². The number of nitrogens with zero attached hydrogens (tertiary/aromatic N) is 2. The predicted octanol–water partition coefficient (Wildman–Crippen LogP) is 3.46. The monoisotopic (exact) mass is 372 g/mol. The Morgan fingerprint density at radius 1 is 1.22 bits per heavy atom. The summed E-state index contributed by atoms with van der Waals surface area (Å²) in [4.78, 5) is 7.45. The Labute approximate surface area is 164 Å². The van der Waals surface area contributed by atoms with Gasteiger partial charge < -0.3 is 20.3 Å². The minimum Gasteiger partial charge on any atom is -0.494 e. The number of aryl methyl sites for hydroxylation is 1. The Bertz CT molecular complexity index is 631. The highest BCUT2D eigenvalue weighted by Crippen LogP contribution is 2.32. The number of rotatable bonds is 6. The molecule has 2 aliphatic rings. The van der Waals surface area contributed by atoms with Crippen molar-refractivity contribution in [1.29, 1.82) is 0 Å². The van der Waals surface area contributed by atoms with Crippen LogP contribution in [0.25, 0.3) is 0 Å². The maximum Gasteiger partial charge on any atom is 0.191 e. The summed E-state index contributed by atoms with van der Waals surface area (Å²) in [5.41, 5.74) is 2.39. The lowest BCUT2D eigenvalue weighted by Gasteiger charge is -2.47.